The van der Waals surface area contributed by atoms with Crippen molar-refractivity contribution in [1.82, 2.24) is 8.98 Å². The minimum Gasteiger partial charge on any atom is -0.379 e. The Hall–Kier alpha value is -2.41. The molecule has 4 heterocycles. The number of benzene rings is 1. The molecule has 0 spiro atoms. The van der Waals surface area contributed by atoms with Crippen LogP contribution >= 0.6 is 34.0 Å². The molecule has 0 amide bonds. The predicted molar refractivity (Wildman–Crippen MR) is 134 cm³/mol. The van der Waals surface area contributed by atoms with Crippen LogP contribution in [0.15, 0.2) is 79.7 Å². The maximum Gasteiger partial charge on any atom is 0.243 e. The monoisotopic (exact) mass is 516 g/mol. The third-order valence-corrected chi connectivity index (χ3v) is 9.40. The van der Waals surface area contributed by atoms with Crippen molar-refractivity contribution < 1.29 is 13.2 Å². The van der Waals surface area contributed by atoms with Crippen molar-refractivity contribution in [2.75, 3.05) is 26.3 Å². The van der Waals surface area contributed by atoms with Crippen molar-refractivity contribution in [1.29, 1.82) is 0 Å². The van der Waals surface area contributed by atoms with Crippen molar-refractivity contribution in [2.45, 2.75) is 4.90 Å². The largest absolute Gasteiger partial charge is 0.379 e. The molecule has 0 saturated carbocycles. The van der Waals surface area contributed by atoms with Crippen LogP contribution in [0, 0.1) is 0 Å². The fourth-order valence-electron chi connectivity index (χ4n) is 3.30. The Morgan fingerprint density at radius 1 is 0.939 bits per heavy atom. The molecule has 1 fully saturated rings. The topological polar surface area (TPSA) is 76.3 Å². The third-order valence-electron chi connectivity index (χ3n) is 4.97. The lowest BCUT2D eigenvalue weighted by Gasteiger charge is -2.26. The molecule has 0 atom stereocenters. The molecule has 3 aromatic heterocycles. The highest BCUT2D eigenvalue weighted by Gasteiger charge is 2.26. The van der Waals surface area contributed by atoms with E-state index >= 15 is 0 Å². The summed E-state index contributed by atoms with van der Waals surface area (Å²) in [6.07, 6.45) is 1.82. The fraction of sp³-hybridized carbons (Fsp3) is 0.182. The molecular weight excluding hydrogens is 497 g/mol. The molecule has 7 nitrogen and oxygen atoms in total. The van der Waals surface area contributed by atoms with Gasteiger partial charge in [0.2, 0.25) is 14.8 Å². The third kappa shape index (κ3) is 4.93. The summed E-state index contributed by atoms with van der Waals surface area (Å²) in [7, 11) is -3.53. The van der Waals surface area contributed by atoms with E-state index in [9.17, 15) is 8.42 Å². The van der Waals surface area contributed by atoms with Gasteiger partial charge in [-0.05, 0) is 47.2 Å². The Kier molecular flexibility index (Phi) is 6.67. The maximum atomic E-state index is 12.9. The summed E-state index contributed by atoms with van der Waals surface area (Å²) in [6, 6.07) is 14.7. The van der Waals surface area contributed by atoms with E-state index in [0.717, 1.165) is 15.4 Å². The van der Waals surface area contributed by atoms with Gasteiger partial charge < -0.3 is 4.74 Å². The second-order valence-electron chi connectivity index (χ2n) is 7.07. The molecule has 5 rings (SSSR count). The molecule has 170 valence electrons. The molecular formula is C22H20N4O3S4. The number of rotatable bonds is 6. The predicted octanol–water partition coefficient (Wildman–Crippen LogP) is 4.48. The van der Waals surface area contributed by atoms with E-state index in [-0.39, 0.29) is 4.90 Å². The van der Waals surface area contributed by atoms with Crippen LogP contribution in [0.4, 0.5) is 5.69 Å². The van der Waals surface area contributed by atoms with E-state index in [2.05, 4.69) is 11.2 Å². The van der Waals surface area contributed by atoms with Gasteiger partial charge in [-0.25, -0.2) is 18.1 Å². The number of hydrogen-bond acceptors (Lipinski definition) is 8. The lowest BCUT2D eigenvalue weighted by Crippen LogP contribution is -2.40. The van der Waals surface area contributed by atoms with Crippen LogP contribution in [0.5, 0.6) is 0 Å². The lowest BCUT2D eigenvalue weighted by molar-refractivity contribution is 0.0730. The number of hydrogen-bond donors (Lipinski definition) is 0. The van der Waals surface area contributed by atoms with Crippen LogP contribution in [-0.4, -0.2) is 49.9 Å². The number of thiazole rings is 1. The van der Waals surface area contributed by atoms with E-state index in [1.165, 1.54) is 15.6 Å². The molecule has 0 bridgehead atoms. The number of nitrogens with zero attached hydrogens (tertiary/aromatic N) is 4. The number of sulfonamides is 1. The number of thiophene rings is 2. The summed E-state index contributed by atoms with van der Waals surface area (Å²) in [5, 5.41) is 10.8. The first kappa shape index (κ1) is 22.4. The Morgan fingerprint density at radius 3 is 2.39 bits per heavy atom. The van der Waals surface area contributed by atoms with Crippen molar-refractivity contribution >= 4 is 55.9 Å². The average Bonchev–Trinajstić information content (AvgIpc) is 3.61. The van der Waals surface area contributed by atoms with E-state index in [1.807, 2.05) is 45.2 Å². The van der Waals surface area contributed by atoms with Gasteiger partial charge in [-0.15, -0.1) is 34.0 Å². The van der Waals surface area contributed by atoms with Gasteiger partial charge in [0.1, 0.15) is 0 Å². The molecule has 1 aliphatic heterocycles. The van der Waals surface area contributed by atoms with Gasteiger partial charge in [-0.3, -0.25) is 0 Å². The Labute approximate surface area is 203 Å². The van der Waals surface area contributed by atoms with E-state index < -0.39 is 10.0 Å². The zero-order chi connectivity index (χ0) is 22.7. The molecule has 1 saturated heterocycles. The Bertz CT molecular complexity index is 1400. The summed E-state index contributed by atoms with van der Waals surface area (Å²) < 4.78 is 34.3. The Morgan fingerprint density at radius 2 is 1.70 bits per heavy atom. The zero-order valence-corrected chi connectivity index (χ0v) is 20.7. The van der Waals surface area contributed by atoms with Crippen LogP contribution in [-0.2, 0) is 14.8 Å². The van der Waals surface area contributed by atoms with Gasteiger partial charge in [0.25, 0.3) is 0 Å². The summed E-state index contributed by atoms with van der Waals surface area (Å²) in [5.41, 5.74) is 1.63. The van der Waals surface area contributed by atoms with Crippen LogP contribution < -0.4 is 4.80 Å². The summed E-state index contributed by atoms with van der Waals surface area (Å²) in [5.74, 6) is 0. The quantitative estimate of drug-likeness (QED) is 0.355. The lowest BCUT2D eigenvalue weighted by atomic mass is 10.3. The molecule has 11 heteroatoms. The highest BCUT2D eigenvalue weighted by molar-refractivity contribution is 7.89. The minimum atomic E-state index is -3.53. The van der Waals surface area contributed by atoms with Gasteiger partial charge in [0.15, 0.2) is 0 Å². The highest BCUT2D eigenvalue weighted by atomic mass is 32.2. The van der Waals surface area contributed by atoms with Crippen LogP contribution in [0.1, 0.15) is 4.88 Å². The molecule has 1 aromatic carbocycles. The zero-order valence-electron chi connectivity index (χ0n) is 17.4. The number of ether oxygens (including phenoxy) is 1. The van der Waals surface area contributed by atoms with Crippen molar-refractivity contribution in [3.05, 3.63) is 74.3 Å². The summed E-state index contributed by atoms with van der Waals surface area (Å²) in [4.78, 5) is 7.87. The van der Waals surface area contributed by atoms with Gasteiger partial charge in [-0.1, -0.05) is 12.1 Å². The molecule has 0 radical (unpaired) electrons. The summed E-state index contributed by atoms with van der Waals surface area (Å²) in [6.45, 7) is 1.59. The van der Waals surface area contributed by atoms with E-state index in [4.69, 9.17) is 9.73 Å². The van der Waals surface area contributed by atoms with E-state index in [1.54, 1.807) is 46.9 Å². The fourth-order valence-corrected chi connectivity index (χ4v) is 6.94. The average molecular weight is 517 g/mol. The second kappa shape index (κ2) is 9.84. The molecule has 0 unspecified atom stereocenters. The first-order valence-electron chi connectivity index (χ1n) is 10.2. The molecule has 33 heavy (non-hydrogen) atoms. The molecule has 0 N–H and O–H groups in total. The van der Waals surface area contributed by atoms with Crippen LogP contribution in [0.3, 0.4) is 0 Å². The first-order valence-corrected chi connectivity index (χ1v) is 14.2. The summed E-state index contributed by atoms with van der Waals surface area (Å²) >= 11 is 4.75. The van der Waals surface area contributed by atoms with E-state index in [0.29, 0.717) is 36.8 Å². The van der Waals surface area contributed by atoms with Crippen LogP contribution in [0.25, 0.3) is 10.6 Å². The molecule has 1 aliphatic rings. The van der Waals surface area contributed by atoms with Gasteiger partial charge >= 0.3 is 0 Å². The standard InChI is InChI=1S/C22H20N4O3S4/c27-33(28,25-9-11-29-12-10-25)19-7-5-17(6-8-19)24-22-26(23-15-18-3-1-13-30-18)20(16-32-22)21-4-2-14-31-21/h1-8,13-16H,9-12H2. The van der Waals surface area contributed by atoms with Crippen molar-refractivity contribution in [3.8, 4) is 10.6 Å². The minimum absolute atomic E-state index is 0.261. The van der Waals surface area contributed by atoms with Crippen LogP contribution in [0.2, 0.25) is 0 Å². The maximum absolute atomic E-state index is 12.9. The second-order valence-corrected chi connectivity index (χ2v) is 11.8. The SMILES string of the molecule is O=S(=O)(c1ccc(N=c2scc(-c3cccs3)n2N=Cc2cccs2)cc1)N1CCOCC1. The van der Waals surface area contributed by atoms with Gasteiger partial charge in [0, 0.05) is 23.3 Å². The first-order chi connectivity index (χ1) is 16.1. The number of morpholine rings is 1. The highest BCUT2D eigenvalue weighted by Crippen LogP contribution is 2.26. The normalized spacial score (nSPS) is 16.1. The van der Waals surface area contributed by atoms with Crippen molar-refractivity contribution in [2.24, 2.45) is 10.1 Å². The van der Waals surface area contributed by atoms with Gasteiger partial charge in [0.05, 0.1) is 40.6 Å². The van der Waals surface area contributed by atoms with Gasteiger partial charge in [-0.2, -0.15) is 9.41 Å². The smallest absolute Gasteiger partial charge is 0.243 e. The van der Waals surface area contributed by atoms with Crippen molar-refractivity contribution in [3.63, 3.8) is 0 Å². The molecule has 4 aromatic rings. The Balaban J connectivity index is 1.49. The molecule has 0 aliphatic carbocycles. The number of aromatic nitrogens is 1.